The van der Waals surface area contributed by atoms with Crippen LogP contribution in [-0.4, -0.2) is 37.2 Å². The number of aliphatic carboxylic acids is 1. The molecule has 0 bridgehead atoms. The van der Waals surface area contributed by atoms with Gasteiger partial charge in [-0.15, -0.1) is 0 Å². The zero-order valence-corrected chi connectivity index (χ0v) is 13.3. The minimum atomic E-state index is -0.753. The molecular formula is C17H23NO5. The number of hydrogen-bond donors (Lipinski definition) is 2. The van der Waals surface area contributed by atoms with Crippen molar-refractivity contribution >= 4 is 11.9 Å². The molecule has 1 saturated carbocycles. The van der Waals surface area contributed by atoms with E-state index in [0.717, 1.165) is 11.5 Å². The quantitative estimate of drug-likeness (QED) is 0.751. The molecule has 6 heteroatoms. The molecule has 2 N–H and O–H groups in total. The lowest BCUT2D eigenvalue weighted by molar-refractivity contribution is -0.144. The number of benzene rings is 1. The van der Waals surface area contributed by atoms with E-state index in [-0.39, 0.29) is 17.7 Å². The van der Waals surface area contributed by atoms with E-state index in [0.29, 0.717) is 38.8 Å². The lowest BCUT2D eigenvalue weighted by Gasteiger charge is -2.25. The van der Waals surface area contributed by atoms with Gasteiger partial charge in [-0.2, -0.15) is 0 Å². The molecule has 2 rings (SSSR count). The minimum absolute atomic E-state index is 0.00725. The molecule has 126 valence electrons. The van der Waals surface area contributed by atoms with Crippen LogP contribution in [0.1, 0.15) is 25.7 Å². The molecule has 6 nitrogen and oxygen atoms in total. The molecule has 1 aromatic carbocycles. The molecule has 1 amide bonds. The van der Waals surface area contributed by atoms with Gasteiger partial charge in [-0.1, -0.05) is 0 Å². The third kappa shape index (κ3) is 5.16. The van der Waals surface area contributed by atoms with Gasteiger partial charge in [0.2, 0.25) is 5.91 Å². The van der Waals surface area contributed by atoms with Gasteiger partial charge in [0.15, 0.2) is 0 Å². The maximum atomic E-state index is 12.0. The average Bonchev–Trinajstić information content (AvgIpc) is 2.59. The predicted molar refractivity (Wildman–Crippen MR) is 84.6 cm³/mol. The van der Waals surface area contributed by atoms with E-state index in [4.69, 9.17) is 14.6 Å². The molecule has 0 aromatic heterocycles. The third-order valence-electron chi connectivity index (χ3n) is 4.18. The van der Waals surface area contributed by atoms with Crippen LogP contribution >= 0.6 is 0 Å². The molecule has 1 fully saturated rings. The zero-order valence-electron chi connectivity index (χ0n) is 13.3. The number of amides is 1. The van der Waals surface area contributed by atoms with Crippen molar-refractivity contribution in [2.75, 3.05) is 20.3 Å². The topological polar surface area (TPSA) is 84.9 Å². The average molecular weight is 321 g/mol. The number of methoxy groups -OCH3 is 1. The van der Waals surface area contributed by atoms with Crippen molar-refractivity contribution in [3.63, 3.8) is 0 Å². The van der Waals surface area contributed by atoms with Crippen LogP contribution in [0.15, 0.2) is 24.3 Å². The van der Waals surface area contributed by atoms with Gasteiger partial charge in [0.25, 0.3) is 0 Å². The van der Waals surface area contributed by atoms with Gasteiger partial charge in [0.1, 0.15) is 18.1 Å². The molecule has 0 aliphatic heterocycles. The van der Waals surface area contributed by atoms with Gasteiger partial charge < -0.3 is 19.9 Å². The summed E-state index contributed by atoms with van der Waals surface area (Å²) >= 11 is 0. The Morgan fingerprint density at radius 3 is 2.22 bits per heavy atom. The van der Waals surface area contributed by atoms with Gasteiger partial charge in [0.05, 0.1) is 19.6 Å². The van der Waals surface area contributed by atoms with Crippen molar-refractivity contribution in [1.29, 1.82) is 0 Å². The van der Waals surface area contributed by atoms with E-state index >= 15 is 0 Å². The number of rotatable bonds is 7. The lowest BCUT2D eigenvalue weighted by Crippen LogP contribution is -2.36. The molecule has 1 aromatic rings. The van der Waals surface area contributed by atoms with Gasteiger partial charge in [0, 0.05) is 5.92 Å². The first kappa shape index (κ1) is 17.1. The van der Waals surface area contributed by atoms with E-state index in [1.807, 2.05) is 24.3 Å². The zero-order chi connectivity index (χ0) is 16.7. The van der Waals surface area contributed by atoms with E-state index in [9.17, 15) is 9.59 Å². The Balaban J connectivity index is 1.64. The van der Waals surface area contributed by atoms with Gasteiger partial charge in [-0.3, -0.25) is 9.59 Å². The molecule has 0 unspecified atom stereocenters. The van der Waals surface area contributed by atoms with Crippen LogP contribution in [-0.2, 0) is 9.59 Å². The summed E-state index contributed by atoms with van der Waals surface area (Å²) in [5.74, 6) is 0.359. The van der Waals surface area contributed by atoms with E-state index in [2.05, 4.69) is 5.32 Å². The second-order valence-corrected chi connectivity index (χ2v) is 5.70. The monoisotopic (exact) mass is 321 g/mol. The van der Waals surface area contributed by atoms with Crippen LogP contribution in [0.25, 0.3) is 0 Å². The number of carbonyl (C=O) groups is 2. The Hall–Kier alpha value is -2.24. The van der Waals surface area contributed by atoms with Crippen molar-refractivity contribution < 1.29 is 24.2 Å². The third-order valence-corrected chi connectivity index (χ3v) is 4.18. The van der Waals surface area contributed by atoms with E-state index < -0.39 is 5.97 Å². The maximum Gasteiger partial charge on any atom is 0.306 e. The molecule has 1 aliphatic rings. The van der Waals surface area contributed by atoms with Crippen molar-refractivity contribution in [2.45, 2.75) is 25.7 Å². The van der Waals surface area contributed by atoms with E-state index in [1.54, 1.807) is 7.11 Å². The summed E-state index contributed by atoms with van der Waals surface area (Å²) in [5.41, 5.74) is 0. The fourth-order valence-corrected chi connectivity index (χ4v) is 2.76. The maximum absolute atomic E-state index is 12.0. The van der Waals surface area contributed by atoms with Gasteiger partial charge >= 0.3 is 5.97 Å². The number of ether oxygens (including phenoxy) is 2. The second kappa shape index (κ2) is 8.41. The smallest absolute Gasteiger partial charge is 0.306 e. The Morgan fingerprint density at radius 2 is 1.65 bits per heavy atom. The van der Waals surface area contributed by atoms with Crippen molar-refractivity contribution in [1.82, 2.24) is 5.32 Å². The van der Waals surface area contributed by atoms with Crippen LogP contribution in [0.5, 0.6) is 11.5 Å². The van der Waals surface area contributed by atoms with Gasteiger partial charge in [-0.25, -0.2) is 0 Å². The summed E-state index contributed by atoms with van der Waals surface area (Å²) < 4.78 is 10.6. The summed E-state index contributed by atoms with van der Waals surface area (Å²) in [7, 11) is 1.61. The van der Waals surface area contributed by atoms with Crippen LogP contribution in [0, 0.1) is 11.8 Å². The summed E-state index contributed by atoms with van der Waals surface area (Å²) in [6, 6.07) is 7.26. The van der Waals surface area contributed by atoms with Crippen LogP contribution < -0.4 is 14.8 Å². The summed E-state index contributed by atoms with van der Waals surface area (Å²) in [5, 5.41) is 11.8. The highest BCUT2D eigenvalue weighted by Gasteiger charge is 2.29. The Kier molecular flexibility index (Phi) is 6.26. The fourth-order valence-electron chi connectivity index (χ4n) is 2.76. The van der Waals surface area contributed by atoms with Crippen LogP contribution in [0.4, 0.5) is 0 Å². The number of hydrogen-bond acceptors (Lipinski definition) is 4. The summed E-state index contributed by atoms with van der Waals surface area (Å²) in [4.78, 5) is 22.9. The molecular weight excluding hydrogens is 298 g/mol. The SMILES string of the molecule is COc1ccc(OCCNC(=O)C2CCC(C(=O)O)CC2)cc1. The Labute approximate surface area is 135 Å². The van der Waals surface area contributed by atoms with Crippen molar-refractivity contribution in [3.8, 4) is 11.5 Å². The number of carbonyl (C=O) groups excluding carboxylic acids is 1. The van der Waals surface area contributed by atoms with Crippen LogP contribution in [0.3, 0.4) is 0 Å². The highest BCUT2D eigenvalue weighted by molar-refractivity contribution is 5.79. The number of nitrogens with one attached hydrogen (secondary N) is 1. The molecule has 0 atom stereocenters. The lowest BCUT2D eigenvalue weighted by atomic mass is 9.81. The first-order valence-corrected chi connectivity index (χ1v) is 7.87. The summed E-state index contributed by atoms with van der Waals surface area (Å²) in [6.07, 6.45) is 2.44. The molecule has 0 saturated heterocycles. The highest BCUT2D eigenvalue weighted by atomic mass is 16.5. The normalized spacial score (nSPS) is 20.6. The Bertz CT molecular complexity index is 520. The van der Waals surface area contributed by atoms with Crippen molar-refractivity contribution in [2.24, 2.45) is 11.8 Å². The largest absolute Gasteiger partial charge is 0.497 e. The van der Waals surface area contributed by atoms with Crippen LogP contribution in [0.2, 0.25) is 0 Å². The first-order chi connectivity index (χ1) is 11.1. The first-order valence-electron chi connectivity index (χ1n) is 7.87. The fraction of sp³-hybridized carbons (Fsp3) is 0.529. The predicted octanol–water partition coefficient (Wildman–Crippen LogP) is 2.08. The second-order valence-electron chi connectivity index (χ2n) is 5.70. The number of carboxylic acids is 1. The minimum Gasteiger partial charge on any atom is -0.497 e. The molecule has 23 heavy (non-hydrogen) atoms. The molecule has 0 spiro atoms. The number of carboxylic acid groups (broad SMARTS) is 1. The highest BCUT2D eigenvalue weighted by Crippen LogP contribution is 2.28. The standard InChI is InChI=1S/C17H23NO5/c1-22-14-6-8-15(9-7-14)23-11-10-18-16(19)12-2-4-13(5-3-12)17(20)21/h6-9,12-13H,2-5,10-11H2,1H3,(H,18,19)(H,20,21). The molecule has 1 aliphatic carbocycles. The summed E-state index contributed by atoms with van der Waals surface area (Å²) in [6.45, 7) is 0.826. The van der Waals surface area contributed by atoms with Gasteiger partial charge in [-0.05, 0) is 49.9 Å². The molecule has 0 radical (unpaired) electrons. The Morgan fingerprint density at radius 1 is 1.09 bits per heavy atom. The van der Waals surface area contributed by atoms with Crippen molar-refractivity contribution in [3.05, 3.63) is 24.3 Å². The van der Waals surface area contributed by atoms with E-state index in [1.165, 1.54) is 0 Å². The molecule has 0 heterocycles.